The summed E-state index contributed by atoms with van der Waals surface area (Å²) in [6, 6.07) is 0. The van der Waals surface area contributed by atoms with Crippen molar-refractivity contribution in [3.05, 3.63) is 6.20 Å². The van der Waals surface area contributed by atoms with Gasteiger partial charge in [-0.3, -0.25) is 4.79 Å². The molecule has 0 saturated heterocycles. The van der Waals surface area contributed by atoms with Crippen LogP contribution in [0.3, 0.4) is 0 Å². The third-order valence-electron chi connectivity index (χ3n) is 1.40. The predicted molar refractivity (Wildman–Crippen MR) is 49.4 cm³/mol. The van der Waals surface area contributed by atoms with Gasteiger partial charge in [0.1, 0.15) is 0 Å². The van der Waals surface area contributed by atoms with Crippen LogP contribution < -0.4 is 14.8 Å². The Bertz CT molecular complexity index is 341. The molecule has 1 aromatic rings. The van der Waals surface area contributed by atoms with Crippen LogP contribution in [-0.4, -0.2) is 30.1 Å². The molecule has 0 aliphatic carbocycles. The van der Waals surface area contributed by atoms with Gasteiger partial charge in [-0.2, -0.15) is 4.98 Å². The molecule has 0 radical (unpaired) electrons. The molecule has 6 nitrogen and oxygen atoms in total. The van der Waals surface area contributed by atoms with E-state index in [1.54, 1.807) is 0 Å². The normalized spacial score (nSPS) is 9.36. The zero-order valence-corrected chi connectivity index (χ0v) is 8.20. The van der Waals surface area contributed by atoms with Gasteiger partial charge in [-0.15, -0.1) is 0 Å². The molecule has 1 aromatic heterocycles. The van der Waals surface area contributed by atoms with Crippen molar-refractivity contribution in [2.24, 2.45) is 0 Å². The van der Waals surface area contributed by atoms with Crippen molar-refractivity contribution in [3.8, 4) is 11.8 Å². The van der Waals surface area contributed by atoms with Crippen molar-refractivity contribution < 1.29 is 14.3 Å². The van der Waals surface area contributed by atoms with E-state index in [1.807, 2.05) is 0 Å². The van der Waals surface area contributed by atoms with E-state index in [1.165, 1.54) is 27.3 Å². The summed E-state index contributed by atoms with van der Waals surface area (Å²) in [7, 11) is 2.91. The summed E-state index contributed by atoms with van der Waals surface area (Å²) < 4.78 is 9.79. The number of amides is 1. The molecule has 1 rings (SSSR count). The van der Waals surface area contributed by atoms with Crippen LogP contribution in [-0.2, 0) is 4.79 Å². The van der Waals surface area contributed by atoms with Crippen molar-refractivity contribution in [3.63, 3.8) is 0 Å². The lowest BCUT2D eigenvalue weighted by Gasteiger charge is -2.06. The third-order valence-corrected chi connectivity index (χ3v) is 1.40. The second-order valence-corrected chi connectivity index (χ2v) is 2.45. The number of hydrogen-bond acceptors (Lipinski definition) is 5. The number of ether oxygens (including phenoxy) is 2. The maximum atomic E-state index is 10.7. The molecule has 0 bridgehead atoms. The van der Waals surface area contributed by atoms with E-state index in [0.717, 1.165) is 0 Å². The molecule has 0 unspecified atom stereocenters. The lowest BCUT2D eigenvalue weighted by atomic mass is 10.6. The standard InChI is InChI=1S/C8H11N3O3/c1-5(12)10-6-4-9-7(13-2)8(11-6)14-3/h4H,1-3H3,(H,10,11,12). The molecule has 14 heavy (non-hydrogen) atoms. The Morgan fingerprint density at radius 2 is 2.00 bits per heavy atom. The van der Waals surface area contributed by atoms with Crippen LogP contribution in [0.1, 0.15) is 6.92 Å². The smallest absolute Gasteiger partial charge is 0.279 e. The minimum Gasteiger partial charge on any atom is -0.477 e. The van der Waals surface area contributed by atoms with Gasteiger partial charge in [0.25, 0.3) is 11.8 Å². The Morgan fingerprint density at radius 3 is 2.50 bits per heavy atom. The largest absolute Gasteiger partial charge is 0.477 e. The van der Waals surface area contributed by atoms with Gasteiger partial charge in [0.15, 0.2) is 5.82 Å². The minimum atomic E-state index is -0.216. The summed E-state index contributed by atoms with van der Waals surface area (Å²) in [5.41, 5.74) is 0. The number of nitrogens with zero attached hydrogens (tertiary/aromatic N) is 2. The highest BCUT2D eigenvalue weighted by atomic mass is 16.5. The van der Waals surface area contributed by atoms with Gasteiger partial charge in [0.2, 0.25) is 5.91 Å². The Labute approximate surface area is 81.3 Å². The monoisotopic (exact) mass is 197 g/mol. The van der Waals surface area contributed by atoms with Gasteiger partial charge in [-0.25, -0.2) is 4.98 Å². The second-order valence-electron chi connectivity index (χ2n) is 2.45. The van der Waals surface area contributed by atoms with Crippen LogP contribution >= 0.6 is 0 Å². The number of hydrogen-bond donors (Lipinski definition) is 1. The van der Waals surface area contributed by atoms with E-state index in [4.69, 9.17) is 9.47 Å². The summed E-state index contributed by atoms with van der Waals surface area (Å²) >= 11 is 0. The molecule has 76 valence electrons. The SMILES string of the molecule is COc1ncc(NC(C)=O)nc1OC. The Morgan fingerprint density at radius 1 is 1.36 bits per heavy atom. The molecule has 0 saturated carbocycles. The first-order valence-corrected chi connectivity index (χ1v) is 3.90. The number of rotatable bonds is 3. The summed E-state index contributed by atoms with van der Waals surface area (Å²) in [6.45, 7) is 1.39. The molecular weight excluding hydrogens is 186 g/mol. The number of methoxy groups -OCH3 is 2. The maximum Gasteiger partial charge on any atom is 0.279 e. The van der Waals surface area contributed by atoms with Crippen LogP contribution in [0.5, 0.6) is 11.8 Å². The van der Waals surface area contributed by atoms with Crippen LogP contribution in [0.2, 0.25) is 0 Å². The highest BCUT2D eigenvalue weighted by Gasteiger charge is 2.08. The Balaban J connectivity index is 2.95. The first kappa shape index (κ1) is 10.2. The van der Waals surface area contributed by atoms with Gasteiger partial charge in [0, 0.05) is 6.92 Å². The van der Waals surface area contributed by atoms with Gasteiger partial charge >= 0.3 is 0 Å². The van der Waals surface area contributed by atoms with Gasteiger partial charge < -0.3 is 14.8 Å². The third kappa shape index (κ3) is 2.32. The molecule has 0 spiro atoms. The highest BCUT2D eigenvalue weighted by Crippen LogP contribution is 2.21. The van der Waals surface area contributed by atoms with E-state index in [9.17, 15) is 4.79 Å². The van der Waals surface area contributed by atoms with Crippen molar-refractivity contribution in [1.29, 1.82) is 0 Å². The molecule has 0 aliphatic heterocycles. The quantitative estimate of drug-likeness (QED) is 0.761. The molecule has 1 N–H and O–H groups in total. The van der Waals surface area contributed by atoms with Gasteiger partial charge in [-0.05, 0) is 0 Å². The van der Waals surface area contributed by atoms with Crippen LogP contribution in [0, 0.1) is 0 Å². The van der Waals surface area contributed by atoms with E-state index in [0.29, 0.717) is 5.82 Å². The molecule has 0 fully saturated rings. The topological polar surface area (TPSA) is 73.3 Å². The highest BCUT2D eigenvalue weighted by molar-refractivity contribution is 5.87. The number of nitrogens with one attached hydrogen (secondary N) is 1. The number of anilines is 1. The maximum absolute atomic E-state index is 10.7. The van der Waals surface area contributed by atoms with E-state index < -0.39 is 0 Å². The Hall–Kier alpha value is -1.85. The van der Waals surface area contributed by atoms with Crippen LogP contribution in [0.25, 0.3) is 0 Å². The van der Waals surface area contributed by atoms with Gasteiger partial charge in [-0.1, -0.05) is 0 Å². The summed E-state index contributed by atoms with van der Waals surface area (Å²) in [4.78, 5) is 18.6. The number of carbonyl (C=O) groups excluding carboxylic acids is 1. The Kier molecular flexibility index (Phi) is 3.22. The van der Waals surface area contributed by atoms with Crippen molar-refractivity contribution in [2.75, 3.05) is 19.5 Å². The summed E-state index contributed by atoms with van der Waals surface area (Å²) in [5, 5.41) is 2.48. The zero-order chi connectivity index (χ0) is 10.6. The molecule has 1 amide bonds. The fourth-order valence-corrected chi connectivity index (χ4v) is 0.875. The lowest BCUT2D eigenvalue weighted by Crippen LogP contribution is -2.08. The minimum absolute atomic E-state index is 0.216. The first-order chi connectivity index (χ1) is 6.67. The zero-order valence-electron chi connectivity index (χ0n) is 8.20. The van der Waals surface area contributed by atoms with E-state index in [2.05, 4.69) is 15.3 Å². The van der Waals surface area contributed by atoms with Gasteiger partial charge in [0.05, 0.1) is 20.4 Å². The van der Waals surface area contributed by atoms with Crippen molar-refractivity contribution in [2.45, 2.75) is 6.92 Å². The number of carbonyl (C=O) groups is 1. The lowest BCUT2D eigenvalue weighted by molar-refractivity contribution is -0.114. The molecule has 0 aromatic carbocycles. The molecule has 1 heterocycles. The first-order valence-electron chi connectivity index (χ1n) is 3.90. The van der Waals surface area contributed by atoms with Crippen LogP contribution in [0.4, 0.5) is 5.82 Å². The van der Waals surface area contributed by atoms with Crippen molar-refractivity contribution in [1.82, 2.24) is 9.97 Å². The van der Waals surface area contributed by atoms with Crippen molar-refractivity contribution >= 4 is 11.7 Å². The summed E-state index contributed by atoms with van der Waals surface area (Å²) in [5.74, 6) is 0.627. The number of aromatic nitrogens is 2. The van der Waals surface area contributed by atoms with E-state index >= 15 is 0 Å². The van der Waals surface area contributed by atoms with Crippen LogP contribution in [0.15, 0.2) is 6.20 Å². The fraction of sp³-hybridized carbons (Fsp3) is 0.375. The van der Waals surface area contributed by atoms with E-state index in [-0.39, 0.29) is 17.7 Å². The average Bonchev–Trinajstić information content (AvgIpc) is 2.16. The predicted octanol–water partition coefficient (Wildman–Crippen LogP) is 0.452. The molecule has 0 aliphatic rings. The summed E-state index contributed by atoms with van der Waals surface area (Å²) in [6.07, 6.45) is 1.39. The average molecular weight is 197 g/mol. The molecular formula is C8H11N3O3. The molecule has 6 heteroatoms. The fourth-order valence-electron chi connectivity index (χ4n) is 0.875. The second kappa shape index (κ2) is 4.40. The molecule has 0 atom stereocenters.